The lowest BCUT2D eigenvalue weighted by molar-refractivity contribution is -0.161. The normalized spacial score (nSPS) is 12.2. The number of hydrogen-bond donors (Lipinski definition) is 1. The van der Waals surface area contributed by atoms with Crippen molar-refractivity contribution in [2.24, 2.45) is 0 Å². The molecule has 0 spiro atoms. The molecule has 0 aliphatic carbocycles. The smallest absolute Gasteiger partial charge is 0.306 e. The fraction of sp³-hybridized carbons (Fsp3) is 0.875. The van der Waals surface area contributed by atoms with E-state index in [1.54, 1.807) is 0 Å². The van der Waals surface area contributed by atoms with Gasteiger partial charge in [-0.25, -0.2) is 0 Å². The monoisotopic (exact) mass is 524 g/mol. The summed E-state index contributed by atoms with van der Waals surface area (Å²) >= 11 is 0. The van der Waals surface area contributed by atoms with Crippen LogP contribution in [0.25, 0.3) is 0 Å². The third-order valence-electron chi connectivity index (χ3n) is 6.81. The highest BCUT2D eigenvalue weighted by Crippen LogP contribution is 2.12. The van der Waals surface area contributed by atoms with Gasteiger partial charge in [0.1, 0.15) is 6.61 Å². The Morgan fingerprint density at radius 2 is 1.00 bits per heavy atom. The van der Waals surface area contributed by atoms with E-state index >= 15 is 0 Å². The molecule has 0 amide bonds. The van der Waals surface area contributed by atoms with Gasteiger partial charge < -0.3 is 14.6 Å². The zero-order valence-electron chi connectivity index (χ0n) is 24.5. The van der Waals surface area contributed by atoms with Gasteiger partial charge in [0, 0.05) is 12.8 Å². The molecular weight excluding hydrogens is 464 g/mol. The molecular formula is C32H60O5. The minimum absolute atomic E-state index is 0.0638. The summed E-state index contributed by atoms with van der Waals surface area (Å²) in [5.74, 6) is -0.599. The Hall–Kier alpha value is -1.36. The Kier molecular flexibility index (Phi) is 28.1. The summed E-state index contributed by atoms with van der Waals surface area (Å²) in [6.45, 7) is 4.07. The Balaban J connectivity index is 3.56. The zero-order valence-corrected chi connectivity index (χ0v) is 24.5. The molecule has 0 rings (SSSR count). The molecule has 0 aliphatic heterocycles. The van der Waals surface area contributed by atoms with Crippen LogP contribution in [-0.2, 0) is 19.1 Å². The summed E-state index contributed by atoms with van der Waals surface area (Å²) < 4.78 is 10.5. The maximum absolute atomic E-state index is 12.0. The van der Waals surface area contributed by atoms with Crippen LogP contribution < -0.4 is 0 Å². The number of allylic oxidation sites excluding steroid dienone is 2. The SMILES string of the molecule is CCCCCC/C=C/CCCCCCCCCC(=O)OC[C@H](CO)OC(=O)CCCCCCCCCC. The van der Waals surface area contributed by atoms with Gasteiger partial charge in [0.2, 0.25) is 0 Å². The van der Waals surface area contributed by atoms with Gasteiger partial charge in [-0.05, 0) is 38.5 Å². The lowest BCUT2D eigenvalue weighted by atomic mass is 10.1. The number of esters is 2. The van der Waals surface area contributed by atoms with Crippen LogP contribution in [0.5, 0.6) is 0 Å². The van der Waals surface area contributed by atoms with Crippen molar-refractivity contribution in [2.75, 3.05) is 13.2 Å². The van der Waals surface area contributed by atoms with Crippen LogP contribution in [0.3, 0.4) is 0 Å². The second-order valence-electron chi connectivity index (χ2n) is 10.5. The van der Waals surface area contributed by atoms with E-state index in [1.807, 2.05) is 0 Å². The van der Waals surface area contributed by atoms with Crippen molar-refractivity contribution >= 4 is 11.9 Å². The van der Waals surface area contributed by atoms with E-state index in [1.165, 1.54) is 96.3 Å². The van der Waals surface area contributed by atoms with E-state index in [-0.39, 0.29) is 25.2 Å². The second kappa shape index (κ2) is 29.2. The van der Waals surface area contributed by atoms with Gasteiger partial charge in [0.25, 0.3) is 0 Å². The summed E-state index contributed by atoms with van der Waals surface area (Å²) in [6, 6.07) is 0. The quantitative estimate of drug-likeness (QED) is 0.0628. The average molecular weight is 525 g/mol. The molecule has 0 aromatic heterocycles. The molecule has 0 saturated carbocycles. The Morgan fingerprint density at radius 3 is 1.49 bits per heavy atom. The molecule has 0 bridgehead atoms. The molecule has 0 heterocycles. The van der Waals surface area contributed by atoms with Crippen LogP contribution in [0.4, 0.5) is 0 Å². The second-order valence-corrected chi connectivity index (χ2v) is 10.5. The first-order chi connectivity index (χ1) is 18.1. The van der Waals surface area contributed by atoms with Crippen molar-refractivity contribution in [3.63, 3.8) is 0 Å². The number of carbonyl (C=O) groups excluding carboxylic acids is 2. The zero-order chi connectivity index (χ0) is 27.2. The number of hydrogen-bond acceptors (Lipinski definition) is 5. The number of carbonyl (C=O) groups is 2. The molecule has 0 unspecified atom stereocenters. The number of aliphatic hydroxyl groups excluding tert-OH is 1. The van der Waals surface area contributed by atoms with Crippen LogP contribution in [0, 0.1) is 0 Å². The van der Waals surface area contributed by atoms with Crippen LogP contribution in [0.1, 0.15) is 162 Å². The van der Waals surface area contributed by atoms with Gasteiger partial charge in [-0.3, -0.25) is 9.59 Å². The van der Waals surface area contributed by atoms with Crippen LogP contribution in [0.2, 0.25) is 0 Å². The van der Waals surface area contributed by atoms with Crippen molar-refractivity contribution in [2.45, 2.75) is 168 Å². The Labute approximate surface area is 229 Å². The van der Waals surface area contributed by atoms with Crippen LogP contribution in [-0.4, -0.2) is 36.4 Å². The molecule has 0 aromatic carbocycles. The first kappa shape index (κ1) is 35.6. The van der Waals surface area contributed by atoms with E-state index in [0.717, 1.165) is 38.5 Å². The maximum atomic E-state index is 12.0. The van der Waals surface area contributed by atoms with E-state index in [4.69, 9.17) is 9.47 Å². The first-order valence-corrected chi connectivity index (χ1v) is 15.7. The van der Waals surface area contributed by atoms with Crippen molar-refractivity contribution in [3.05, 3.63) is 12.2 Å². The number of ether oxygens (including phenoxy) is 2. The first-order valence-electron chi connectivity index (χ1n) is 15.7. The van der Waals surface area contributed by atoms with Crippen LogP contribution in [0.15, 0.2) is 12.2 Å². The van der Waals surface area contributed by atoms with Gasteiger partial charge in [0.05, 0.1) is 6.61 Å². The fourth-order valence-corrected chi connectivity index (χ4v) is 4.37. The summed E-state index contributed by atoms with van der Waals surface area (Å²) in [5, 5.41) is 9.44. The van der Waals surface area contributed by atoms with E-state index < -0.39 is 6.10 Å². The molecule has 0 saturated heterocycles. The summed E-state index contributed by atoms with van der Waals surface area (Å²) in [5.41, 5.74) is 0. The molecule has 0 radical (unpaired) electrons. The Morgan fingerprint density at radius 1 is 0.595 bits per heavy atom. The highest BCUT2D eigenvalue weighted by atomic mass is 16.6. The molecule has 5 heteroatoms. The van der Waals surface area contributed by atoms with Gasteiger partial charge in [0.15, 0.2) is 6.10 Å². The molecule has 0 aliphatic rings. The van der Waals surface area contributed by atoms with E-state index in [2.05, 4.69) is 26.0 Å². The topological polar surface area (TPSA) is 72.8 Å². The highest BCUT2D eigenvalue weighted by Gasteiger charge is 2.16. The van der Waals surface area contributed by atoms with Gasteiger partial charge in [-0.1, -0.05) is 122 Å². The fourth-order valence-electron chi connectivity index (χ4n) is 4.37. The van der Waals surface area contributed by atoms with Crippen molar-refractivity contribution in [1.29, 1.82) is 0 Å². The average Bonchev–Trinajstić information content (AvgIpc) is 2.90. The van der Waals surface area contributed by atoms with Gasteiger partial charge in [-0.15, -0.1) is 0 Å². The standard InChI is InChI=1S/C32H60O5/c1-3-5-7-9-11-13-14-15-16-17-18-19-21-22-24-26-31(34)36-29-30(28-33)37-32(35)27-25-23-20-12-10-8-6-4-2/h13-14,30,33H,3-12,15-29H2,1-2H3/b14-13+/t30-/m0/s1. The predicted octanol–water partition coefficient (Wildman–Crippen LogP) is 9.00. The number of rotatable bonds is 28. The van der Waals surface area contributed by atoms with Gasteiger partial charge >= 0.3 is 11.9 Å². The third-order valence-corrected chi connectivity index (χ3v) is 6.81. The summed E-state index contributed by atoms with van der Waals surface area (Å²) in [7, 11) is 0. The molecule has 5 nitrogen and oxygen atoms in total. The minimum atomic E-state index is -0.763. The van der Waals surface area contributed by atoms with E-state index in [9.17, 15) is 14.7 Å². The number of unbranched alkanes of at least 4 members (excludes halogenated alkanes) is 18. The molecule has 1 N–H and O–H groups in total. The lowest BCUT2D eigenvalue weighted by Crippen LogP contribution is -2.28. The largest absolute Gasteiger partial charge is 0.462 e. The molecule has 218 valence electrons. The molecule has 0 fully saturated rings. The van der Waals surface area contributed by atoms with E-state index in [0.29, 0.717) is 12.8 Å². The van der Waals surface area contributed by atoms with Crippen LogP contribution >= 0.6 is 0 Å². The number of aliphatic hydroxyl groups is 1. The molecule has 37 heavy (non-hydrogen) atoms. The lowest BCUT2D eigenvalue weighted by Gasteiger charge is -2.15. The van der Waals surface area contributed by atoms with Crippen molar-refractivity contribution in [1.82, 2.24) is 0 Å². The summed E-state index contributed by atoms with van der Waals surface area (Å²) in [4.78, 5) is 24.0. The summed E-state index contributed by atoms with van der Waals surface area (Å²) in [6.07, 6.45) is 29.8. The van der Waals surface area contributed by atoms with Gasteiger partial charge in [-0.2, -0.15) is 0 Å². The minimum Gasteiger partial charge on any atom is -0.462 e. The highest BCUT2D eigenvalue weighted by molar-refractivity contribution is 5.70. The maximum Gasteiger partial charge on any atom is 0.306 e. The Bertz CT molecular complexity index is 531. The predicted molar refractivity (Wildman–Crippen MR) is 155 cm³/mol. The molecule has 1 atom stereocenters. The third kappa shape index (κ3) is 27.5. The molecule has 0 aromatic rings. The van der Waals surface area contributed by atoms with Crippen molar-refractivity contribution < 1.29 is 24.2 Å². The van der Waals surface area contributed by atoms with Crippen molar-refractivity contribution in [3.8, 4) is 0 Å².